The Labute approximate surface area is 119 Å². The van der Waals surface area contributed by atoms with E-state index in [1.165, 1.54) is 0 Å². The number of nitrogens with zero attached hydrogens (tertiary/aromatic N) is 1. The fourth-order valence-electron chi connectivity index (χ4n) is 2.17. The first-order chi connectivity index (χ1) is 9.50. The number of ether oxygens (including phenoxy) is 1. The standard InChI is InChI=1S/C14H19NO4S/c1-2-19-14(16)11-12-3-5-13(6-4-12)15-7-9-20(17,18)10-8-15/h3-6H,2,7-11H2,1H3. The smallest absolute Gasteiger partial charge is 0.310 e. The molecule has 0 aliphatic carbocycles. The van der Waals surface area contributed by atoms with Crippen molar-refractivity contribution in [2.24, 2.45) is 0 Å². The second-order valence-corrected chi connectivity index (χ2v) is 7.09. The van der Waals surface area contributed by atoms with Crippen LogP contribution in [0.5, 0.6) is 0 Å². The predicted molar refractivity (Wildman–Crippen MR) is 77.6 cm³/mol. The lowest BCUT2D eigenvalue weighted by Gasteiger charge is -2.28. The molecule has 1 aliphatic rings. The molecule has 5 nitrogen and oxygen atoms in total. The van der Waals surface area contributed by atoms with Gasteiger partial charge in [0.2, 0.25) is 0 Å². The molecule has 1 aromatic carbocycles. The molecule has 0 amide bonds. The monoisotopic (exact) mass is 297 g/mol. The summed E-state index contributed by atoms with van der Waals surface area (Å²) < 4.78 is 27.7. The Hall–Kier alpha value is -1.56. The molecule has 1 aliphatic heterocycles. The van der Waals surface area contributed by atoms with Gasteiger partial charge in [-0.1, -0.05) is 12.1 Å². The Morgan fingerprint density at radius 3 is 2.35 bits per heavy atom. The molecule has 0 spiro atoms. The summed E-state index contributed by atoms with van der Waals surface area (Å²) in [7, 11) is -2.86. The first kappa shape index (κ1) is 14.8. The zero-order valence-electron chi connectivity index (χ0n) is 11.5. The van der Waals surface area contributed by atoms with E-state index < -0.39 is 9.84 Å². The van der Waals surface area contributed by atoms with Crippen molar-refractivity contribution in [3.8, 4) is 0 Å². The first-order valence-electron chi connectivity index (χ1n) is 6.70. The summed E-state index contributed by atoms with van der Waals surface area (Å²) in [6, 6.07) is 7.61. The van der Waals surface area contributed by atoms with Crippen LogP contribution in [-0.4, -0.2) is 45.6 Å². The van der Waals surface area contributed by atoms with Gasteiger partial charge < -0.3 is 9.64 Å². The number of esters is 1. The molecule has 1 fully saturated rings. The van der Waals surface area contributed by atoms with Crippen LogP contribution in [-0.2, 0) is 25.8 Å². The fourth-order valence-corrected chi connectivity index (χ4v) is 3.38. The van der Waals surface area contributed by atoms with Gasteiger partial charge in [0, 0.05) is 18.8 Å². The molecule has 2 rings (SSSR count). The summed E-state index contributed by atoms with van der Waals surface area (Å²) in [4.78, 5) is 13.4. The Bertz CT molecular complexity index is 551. The zero-order chi connectivity index (χ0) is 14.6. The summed E-state index contributed by atoms with van der Waals surface area (Å²) >= 11 is 0. The molecular weight excluding hydrogens is 278 g/mol. The van der Waals surface area contributed by atoms with Crippen molar-refractivity contribution in [2.45, 2.75) is 13.3 Å². The number of sulfone groups is 1. The van der Waals surface area contributed by atoms with Gasteiger partial charge in [0.15, 0.2) is 9.84 Å². The quantitative estimate of drug-likeness (QED) is 0.777. The van der Waals surface area contributed by atoms with E-state index in [0.29, 0.717) is 19.7 Å². The Morgan fingerprint density at radius 1 is 1.20 bits per heavy atom. The summed E-state index contributed by atoms with van der Waals surface area (Å²) in [6.45, 7) is 3.23. The average molecular weight is 297 g/mol. The molecule has 0 aromatic heterocycles. The van der Waals surface area contributed by atoms with Crippen LogP contribution in [0.25, 0.3) is 0 Å². The number of anilines is 1. The number of carbonyl (C=O) groups excluding carboxylic acids is 1. The van der Waals surface area contributed by atoms with E-state index in [4.69, 9.17) is 4.74 Å². The molecule has 1 saturated heterocycles. The maximum absolute atomic E-state index is 11.4. The van der Waals surface area contributed by atoms with E-state index in [1.807, 2.05) is 24.3 Å². The van der Waals surface area contributed by atoms with Crippen LogP contribution in [0.4, 0.5) is 5.69 Å². The van der Waals surface area contributed by atoms with Crippen molar-refractivity contribution < 1.29 is 17.9 Å². The number of rotatable bonds is 4. The van der Waals surface area contributed by atoms with Crippen LogP contribution in [0.15, 0.2) is 24.3 Å². The minimum atomic E-state index is -2.86. The largest absolute Gasteiger partial charge is 0.466 e. The van der Waals surface area contributed by atoms with Gasteiger partial charge in [-0.3, -0.25) is 4.79 Å². The van der Waals surface area contributed by atoms with E-state index >= 15 is 0 Å². The highest BCUT2D eigenvalue weighted by Crippen LogP contribution is 2.18. The minimum Gasteiger partial charge on any atom is -0.466 e. The molecule has 0 N–H and O–H groups in total. The van der Waals surface area contributed by atoms with E-state index in [-0.39, 0.29) is 23.9 Å². The molecule has 0 saturated carbocycles. The maximum atomic E-state index is 11.4. The lowest BCUT2D eigenvalue weighted by Crippen LogP contribution is -2.40. The maximum Gasteiger partial charge on any atom is 0.310 e. The van der Waals surface area contributed by atoms with Gasteiger partial charge >= 0.3 is 5.97 Å². The Kier molecular flexibility index (Phi) is 4.65. The summed E-state index contributed by atoms with van der Waals surface area (Å²) in [5, 5.41) is 0. The third kappa shape index (κ3) is 3.96. The zero-order valence-corrected chi connectivity index (χ0v) is 12.4. The van der Waals surface area contributed by atoms with Gasteiger partial charge in [-0.2, -0.15) is 0 Å². The fraction of sp³-hybridized carbons (Fsp3) is 0.500. The highest BCUT2D eigenvalue weighted by Gasteiger charge is 2.21. The second kappa shape index (κ2) is 6.26. The van der Waals surface area contributed by atoms with Crippen molar-refractivity contribution in [2.75, 3.05) is 36.1 Å². The molecule has 0 unspecified atom stereocenters. The van der Waals surface area contributed by atoms with Crippen molar-refractivity contribution in [1.29, 1.82) is 0 Å². The molecule has 0 radical (unpaired) electrons. The van der Waals surface area contributed by atoms with Crippen LogP contribution in [0.3, 0.4) is 0 Å². The molecular formula is C14H19NO4S. The van der Waals surface area contributed by atoms with Crippen molar-refractivity contribution >= 4 is 21.5 Å². The van der Waals surface area contributed by atoms with Gasteiger partial charge in [-0.05, 0) is 24.6 Å². The number of carbonyl (C=O) groups is 1. The predicted octanol–water partition coefficient (Wildman–Crippen LogP) is 1.03. The molecule has 1 heterocycles. The van der Waals surface area contributed by atoms with Crippen LogP contribution < -0.4 is 4.90 Å². The van der Waals surface area contributed by atoms with E-state index in [0.717, 1.165) is 11.3 Å². The van der Waals surface area contributed by atoms with Crippen LogP contribution >= 0.6 is 0 Å². The van der Waals surface area contributed by atoms with E-state index in [2.05, 4.69) is 4.90 Å². The van der Waals surface area contributed by atoms with Gasteiger partial charge in [-0.15, -0.1) is 0 Å². The van der Waals surface area contributed by atoms with Gasteiger partial charge in [0.1, 0.15) is 0 Å². The molecule has 20 heavy (non-hydrogen) atoms. The second-order valence-electron chi connectivity index (χ2n) is 4.79. The Balaban J connectivity index is 1.96. The van der Waals surface area contributed by atoms with Crippen molar-refractivity contribution in [1.82, 2.24) is 0 Å². The van der Waals surface area contributed by atoms with Crippen LogP contribution in [0, 0.1) is 0 Å². The van der Waals surface area contributed by atoms with Gasteiger partial charge in [0.05, 0.1) is 24.5 Å². The van der Waals surface area contributed by atoms with Gasteiger partial charge in [0.25, 0.3) is 0 Å². The van der Waals surface area contributed by atoms with Crippen LogP contribution in [0.2, 0.25) is 0 Å². The van der Waals surface area contributed by atoms with Crippen LogP contribution in [0.1, 0.15) is 12.5 Å². The number of hydrogen-bond donors (Lipinski definition) is 0. The normalized spacial score (nSPS) is 17.8. The third-order valence-corrected chi connectivity index (χ3v) is 4.91. The van der Waals surface area contributed by atoms with E-state index in [9.17, 15) is 13.2 Å². The number of hydrogen-bond acceptors (Lipinski definition) is 5. The molecule has 1 aromatic rings. The third-order valence-electron chi connectivity index (χ3n) is 3.30. The van der Waals surface area contributed by atoms with Crippen molar-refractivity contribution in [3.63, 3.8) is 0 Å². The van der Waals surface area contributed by atoms with Crippen molar-refractivity contribution in [3.05, 3.63) is 29.8 Å². The summed E-state index contributed by atoms with van der Waals surface area (Å²) in [6.07, 6.45) is 0.266. The highest BCUT2D eigenvalue weighted by molar-refractivity contribution is 7.91. The summed E-state index contributed by atoms with van der Waals surface area (Å²) in [5.41, 5.74) is 1.89. The summed E-state index contributed by atoms with van der Waals surface area (Å²) in [5.74, 6) is 0.180. The molecule has 0 bridgehead atoms. The molecule has 110 valence electrons. The number of benzene rings is 1. The lowest BCUT2D eigenvalue weighted by atomic mass is 10.1. The van der Waals surface area contributed by atoms with E-state index in [1.54, 1.807) is 6.92 Å². The lowest BCUT2D eigenvalue weighted by molar-refractivity contribution is -0.142. The minimum absolute atomic E-state index is 0.206. The highest BCUT2D eigenvalue weighted by atomic mass is 32.2. The molecule has 6 heteroatoms. The first-order valence-corrected chi connectivity index (χ1v) is 8.52. The Morgan fingerprint density at radius 2 is 1.80 bits per heavy atom. The average Bonchev–Trinajstić information content (AvgIpc) is 2.40. The SMILES string of the molecule is CCOC(=O)Cc1ccc(N2CCS(=O)(=O)CC2)cc1. The molecule has 0 atom stereocenters. The van der Waals surface area contributed by atoms with Gasteiger partial charge in [-0.25, -0.2) is 8.42 Å². The topological polar surface area (TPSA) is 63.7 Å².